The molecule has 3 heterocycles. The van der Waals surface area contributed by atoms with Crippen LogP contribution in [0.15, 0.2) is 59.5 Å². The molecule has 2 aliphatic rings. The first kappa shape index (κ1) is 22.9. The van der Waals surface area contributed by atoms with Gasteiger partial charge in [0.05, 0.1) is 6.20 Å². The monoisotopic (exact) mass is 479 g/mol. The molecule has 0 saturated carbocycles. The number of carbonyl (C=O) groups is 1. The van der Waals surface area contributed by atoms with Crippen LogP contribution in [-0.4, -0.2) is 53.2 Å². The molecule has 1 saturated heterocycles. The predicted molar refractivity (Wildman–Crippen MR) is 126 cm³/mol. The molecule has 5 rings (SSSR count). The van der Waals surface area contributed by atoms with Crippen molar-refractivity contribution in [1.29, 1.82) is 0 Å². The minimum absolute atomic E-state index is 0.133. The molecule has 0 bridgehead atoms. The molecule has 0 N–H and O–H groups in total. The number of benzene rings is 2. The first-order valence-electron chi connectivity index (χ1n) is 11.4. The zero-order valence-corrected chi connectivity index (χ0v) is 19.4. The molecule has 1 amide bonds. The molecular weight excluding hydrogens is 453 g/mol. The Hall–Kier alpha value is -3.85. The largest absolute Gasteiger partial charge is 0.483 e. The minimum Gasteiger partial charge on any atom is -0.483 e. The third-order valence-corrected chi connectivity index (χ3v) is 6.23. The van der Waals surface area contributed by atoms with Crippen LogP contribution in [0.5, 0.6) is 17.2 Å². The number of aromatic nitrogens is 1. The lowest BCUT2D eigenvalue weighted by Gasteiger charge is -2.35. The fraction of sp³-hybridized carbons (Fsp3) is 0.308. The summed E-state index contributed by atoms with van der Waals surface area (Å²) in [6.07, 6.45) is 1.52. The van der Waals surface area contributed by atoms with Crippen molar-refractivity contribution in [2.45, 2.75) is 13.2 Å². The Kier molecular flexibility index (Phi) is 6.41. The van der Waals surface area contributed by atoms with Gasteiger partial charge in [-0.1, -0.05) is 18.2 Å². The second-order valence-electron chi connectivity index (χ2n) is 8.67. The number of rotatable bonds is 6. The average molecular weight is 480 g/mol. The fourth-order valence-corrected chi connectivity index (χ4v) is 4.24. The van der Waals surface area contributed by atoms with Gasteiger partial charge in [0, 0.05) is 45.8 Å². The number of halogens is 1. The molecule has 182 valence electrons. The summed E-state index contributed by atoms with van der Waals surface area (Å²) in [6.45, 7) is 3.75. The molecule has 0 unspecified atom stereocenters. The van der Waals surface area contributed by atoms with E-state index in [0.29, 0.717) is 18.8 Å². The second-order valence-corrected chi connectivity index (χ2v) is 8.67. The predicted octanol–water partition coefficient (Wildman–Crippen LogP) is 2.79. The number of fused-ring (bicyclic) bond motifs is 1. The zero-order valence-electron chi connectivity index (χ0n) is 19.4. The van der Waals surface area contributed by atoms with Crippen LogP contribution in [0.25, 0.3) is 0 Å². The normalized spacial score (nSPS) is 15.3. The number of carbonyl (C=O) groups excluding carboxylic acids is 1. The van der Waals surface area contributed by atoms with Crippen LogP contribution in [-0.2, 0) is 20.2 Å². The van der Waals surface area contributed by atoms with Crippen molar-refractivity contribution in [3.63, 3.8) is 0 Å². The molecule has 1 fully saturated rings. The summed E-state index contributed by atoms with van der Waals surface area (Å²) in [5.41, 5.74) is 1.82. The topological polar surface area (TPSA) is 73.2 Å². The Balaban J connectivity index is 1.18. The third kappa shape index (κ3) is 5.14. The number of piperazine rings is 1. The van der Waals surface area contributed by atoms with Crippen LogP contribution in [0.1, 0.15) is 21.6 Å². The molecule has 35 heavy (non-hydrogen) atoms. The maximum absolute atomic E-state index is 13.1. The molecule has 9 heteroatoms. The summed E-state index contributed by atoms with van der Waals surface area (Å²) >= 11 is 0. The Morgan fingerprint density at radius 2 is 1.69 bits per heavy atom. The van der Waals surface area contributed by atoms with Gasteiger partial charge in [-0.2, -0.15) is 0 Å². The molecule has 0 atom stereocenters. The molecular formula is C26H26FN3O5. The van der Waals surface area contributed by atoms with Crippen molar-refractivity contribution in [3.05, 3.63) is 87.6 Å². The Morgan fingerprint density at radius 1 is 0.971 bits per heavy atom. The van der Waals surface area contributed by atoms with Gasteiger partial charge in [-0.25, -0.2) is 4.39 Å². The van der Waals surface area contributed by atoms with E-state index in [2.05, 4.69) is 4.90 Å². The van der Waals surface area contributed by atoms with Crippen molar-refractivity contribution in [2.75, 3.05) is 33.0 Å². The van der Waals surface area contributed by atoms with Gasteiger partial charge in [0.15, 0.2) is 17.2 Å². The zero-order chi connectivity index (χ0) is 24.4. The van der Waals surface area contributed by atoms with Crippen LogP contribution in [0.2, 0.25) is 0 Å². The van der Waals surface area contributed by atoms with Crippen LogP contribution in [0.4, 0.5) is 4.39 Å². The van der Waals surface area contributed by atoms with Crippen molar-refractivity contribution in [1.82, 2.24) is 14.4 Å². The van der Waals surface area contributed by atoms with Gasteiger partial charge in [0.2, 0.25) is 12.2 Å². The van der Waals surface area contributed by atoms with E-state index in [0.717, 1.165) is 42.3 Å². The number of ether oxygens (including phenoxy) is 3. The van der Waals surface area contributed by atoms with E-state index in [1.807, 2.05) is 18.2 Å². The minimum atomic E-state index is -0.366. The molecule has 2 aliphatic heterocycles. The highest BCUT2D eigenvalue weighted by molar-refractivity contribution is 5.92. The van der Waals surface area contributed by atoms with Crippen LogP contribution in [0.3, 0.4) is 0 Å². The van der Waals surface area contributed by atoms with Crippen LogP contribution >= 0.6 is 0 Å². The van der Waals surface area contributed by atoms with Crippen molar-refractivity contribution in [2.24, 2.45) is 7.05 Å². The summed E-state index contributed by atoms with van der Waals surface area (Å²) in [7, 11) is 1.72. The third-order valence-electron chi connectivity index (χ3n) is 6.23. The summed E-state index contributed by atoms with van der Waals surface area (Å²) in [5, 5.41) is 0. The van der Waals surface area contributed by atoms with E-state index < -0.39 is 0 Å². The van der Waals surface area contributed by atoms with Gasteiger partial charge in [-0.05, 0) is 35.4 Å². The summed E-state index contributed by atoms with van der Waals surface area (Å²) in [6, 6.07) is 13.1. The fourth-order valence-electron chi connectivity index (χ4n) is 4.24. The average Bonchev–Trinajstić information content (AvgIpc) is 3.33. The van der Waals surface area contributed by atoms with E-state index in [-0.39, 0.29) is 36.3 Å². The molecule has 0 aliphatic carbocycles. The van der Waals surface area contributed by atoms with E-state index >= 15 is 0 Å². The van der Waals surface area contributed by atoms with Crippen LogP contribution in [0, 0.1) is 5.82 Å². The van der Waals surface area contributed by atoms with Crippen molar-refractivity contribution >= 4 is 5.91 Å². The van der Waals surface area contributed by atoms with Gasteiger partial charge in [0.25, 0.3) is 5.91 Å². The van der Waals surface area contributed by atoms with Gasteiger partial charge in [-0.15, -0.1) is 0 Å². The molecule has 3 aromatic rings. The lowest BCUT2D eigenvalue weighted by atomic mass is 10.1. The number of hydrogen-bond acceptors (Lipinski definition) is 6. The van der Waals surface area contributed by atoms with E-state index in [9.17, 15) is 14.0 Å². The second kappa shape index (κ2) is 9.79. The Labute approximate surface area is 202 Å². The van der Waals surface area contributed by atoms with Crippen molar-refractivity contribution in [3.8, 4) is 17.2 Å². The molecule has 2 aromatic carbocycles. The molecule has 8 nitrogen and oxygen atoms in total. The standard InChI is InChI=1S/C26H26FN3O5/c1-28-15-25(33-16-18-2-5-20(27)6-3-18)22(31)13-21(28)26(32)30-10-8-29(9-11-30)14-19-4-7-23-24(12-19)35-17-34-23/h2-7,12-13,15H,8-11,14,16-17H2,1H3. The Bertz CT molecular complexity index is 1280. The lowest BCUT2D eigenvalue weighted by Crippen LogP contribution is -2.48. The smallest absolute Gasteiger partial charge is 0.270 e. The highest BCUT2D eigenvalue weighted by Crippen LogP contribution is 2.32. The summed E-state index contributed by atoms with van der Waals surface area (Å²) in [5.74, 6) is 1.16. The summed E-state index contributed by atoms with van der Waals surface area (Å²) < 4.78 is 31.1. The first-order chi connectivity index (χ1) is 17.0. The van der Waals surface area contributed by atoms with Gasteiger partial charge in [-0.3, -0.25) is 14.5 Å². The number of aryl methyl sites for hydroxylation is 1. The molecule has 1 aromatic heterocycles. The lowest BCUT2D eigenvalue weighted by molar-refractivity contribution is 0.0618. The molecule has 0 spiro atoms. The van der Waals surface area contributed by atoms with E-state index in [1.54, 1.807) is 28.6 Å². The molecule has 0 radical (unpaired) electrons. The SMILES string of the molecule is Cn1cc(OCc2ccc(F)cc2)c(=O)cc1C(=O)N1CCN(Cc2ccc3c(c2)OCO3)CC1. The van der Waals surface area contributed by atoms with E-state index in [1.165, 1.54) is 24.4 Å². The van der Waals surface area contributed by atoms with Gasteiger partial charge in [0.1, 0.15) is 18.1 Å². The number of amides is 1. The maximum Gasteiger partial charge on any atom is 0.270 e. The van der Waals surface area contributed by atoms with E-state index in [4.69, 9.17) is 14.2 Å². The Morgan fingerprint density at radius 3 is 2.46 bits per heavy atom. The number of hydrogen-bond donors (Lipinski definition) is 0. The number of nitrogens with zero attached hydrogens (tertiary/aromatic N) is 3. The highest BCUT2D eigenvalue weighted by atomic mass is 19.1. The van der Waals surface area contributed by atoms with Gasteiger partial charge >= 0.3 is 0 Å². The maximum atomic E-state index is 13.1. The van der Waals surface area contributed by atoms with Crippen LogP contribution < -0.4 is 19.6 Å². The highest BCUT2D eigenvalue weighted by Gasteiger charge is 2.25. The first-order valence-corrected chi connectivity index (χ1v) is 11.4. The van der Waals surface area contributed by atoms with Gasteiger partial charge < -0.3 is 23.7 Å². The number of pyridine rings is 1. The summed E-state index contributed by atoms with van der Waals surface area (Å²) in [4.78, 5) is 29.8. The quantitative estimate of drug-likeness (QED) is 0.542. The van der Waals surface area contributed by atoms with Crippen molar-refractivity contribution < 1.29 is 23.4 Å².